The molecule has 0 radical (unpaired) electrons. The highest BCUT2D eigenvalue weighted by Crippen LogP contribution is 2.28. The van der Waals surface area contributed by atoms with Gasteiger partial charge in [0.2, 0.25) is 11.8 Å². The molecule has 0 aliphatic carbocycles. The molecular formula is C11H19BN2O4S. The second kappa shape index (κ2) is 7.54. The summed E-state index contributed by atoms with van der Waals surface area (Å²) in [7, 11) is 3.05. The summed E-state index contributed by atoms with van der Waals surface area (Å²) in [5.74, 6) is 0.277. The minimum atomic E-state index is -0.827. The summed E-state index contributed by atoms with van der Waals surface area (Å²) < 4.78 is 0. The van der Waals surface area contributed by atoms with Crippen LogP contribution in [0.25, 0.3) is 0 Å². The molecule has 0 aromatic heterocycles. The molecule has 8 heteroatoms. The van der Waals surface area contributed by atoms with Crippen LogP contribution in [0.1, 0.15) is 19.3 Å². The van der Waals surface area contributed by atoms with Crippen LogP contribution < -0.4 is 5.32 Å². The van der Waals surface area contributed by atoms with E-state index in [-0.39, 0.29) is 35.7 Å². The molecule has 19 heavy (non-hydrogen) atoms. The lowest BCUT2D eigenvalue weighted by Gasteiger charge is -2.19. The van der Waals surface area contributed by atoms with Gasteiger partial charge in [0.25, 0.3) is 0 Å². The highest BCUT2D eigenvalue weighted by atomic mass is 32.2. The number of aliphatic hydroxyl groups excluding tert-OH is 1. The number of aliphatic hydroxyl groups is 1. The largest absolute Gasteiger partial charge is 0.373 e. The molecular weight excluding hydrogens is 267 g/mol. The first-order valence-electron chi connectivity index (χ1n) is 6.26. The summed E-state index contributed by atoms with van der Waals surface area (Å²) in [5, 5.41) is 12.0. The normalized spacial score (nSPS) is 22.6. The van der Waals surface area contributed by atoms with Crippen LogP contribution in [0.3, 0.4) is 0 Å². The zero-order valence-electron chi connectivity index (χ0n) is 11.2. The molecule has 0 aromatic carbocycles. The van der Waals surface area contributed by atoms with Gasteiger partial charge in [0.15, 0.2) is 7.85 Å². The third-order valence-corrected chi connectivity index (χ3v) is 4.21. The molecule has 1 aliphatic rings. The molecule has 0 saturated carbocycles. The van der Waals surface area contributed by atoms with E-state index < -0.39 is 6.23 Å². The molecule has 1 aliphatic heterocycles. The topological polar surface area (TPSA) is 86.7 Å². The van der Waals surface area contributed by atoms with Gasteiger partial charge in [-0.05, 0) is 0 Å². The van der Waals surface area contributed by atoms with Gasteiger partial charge in [-0.15, -0.1) is 11.8 Å². The van der Waals surface area contributed by atoms with Crippen molar-refractivity contribution in [3.8, 4) is 0 Å². The summed E-state index contributed by atoms with van der Waals surface area (Å²) in [6.07, 6.45) is 0.147. The highest BCUT2D eigenvalue weighted by molar-refractivity contribution is 8.00. The van der Waals surface area contributed by atoms with Gasteiger partial charge < -0.3 is 20.1 Å². The maximum Gasteiger partial charge on any atom is 0.237 e. The zero-order valence-corrected chi connectivity index (χ0v) is 12.0. The van der Waals surface area contributed by atoms with Gasteiger partial charge in [-0.2, -0.15) is 0 Å². The summed E-state index contributed by atoms with van der Waals surface area (Å²) in [5.41, 5.74) is 0.0926. The van der Waals surface area contributed by atoms with Crippen molar-refractivity contribution in [2.45, 2.75) is 30.7 Å². The smallest absolute Gasteiger partial charge is 0.237 e. The fraction of sp³-hybridized carbons (Fsp3) is 0.727. The Balaban J connectivity index is 2.41. The molecule has 0 spiro atoms. The number of hydrogen-bond donors (Lipinski definition) is 2. The van der Waals surface area contributed by atoms with Crippen LogP contribution in [0.15, 0.2) is 0 Å². The van der Waals surface area contributed by atoms with Crippen LogP contribution in [-0.2, 0) is 14.4 Å². The first-order chi connectivity index (χ1) is 8.95. The first kappa shape index (κ1) is 16.0. The Kier molecular flexibility index (Phi) is 6.37. The summed E-state index contributed by atoms with van der Waals surface area (Å²) in [6, 6.07) is 0. The minimum absolute atomic E-state index is 0.0926. The maximum absolute atomic E-state index is 12.0. The van der Waals surface area contributed by atoms with Gasteiger partial charge in [-0.25, -0.2) is 0 Å². The molecule has 1 heterocycles. The molecule has 2 atom stereocenters. The summed E-state index contributed by atoms with van der Waals surface area (Å²) in [4.78, 5) is 35.3. The molecule has 2 N–H and O–H groups in total. The lowest BCUT2D eigenvalue weighted by Crippen LogP contribution is -2.37. The Morgan fingerprint density at radius 3 is 2.79 bits per heavy atom. The van der Waals surface area contributed by atoms with E-state index in [1.807, 2.05) is 0 Å². The molecule has 1 saturated heterocycles. The van der Waals surface area contributed by atoms with E-state index in [4.69, 9.17) is 0 Å². The average molecular weight is 286 g/mol. The fourth-order valence-corrected chi connectivity index (χ4v) is 3.12. The predicted molar refractivity (Wildman–Crippen MR) is 75.4 cm³/mol. The monoisotopic (exact) mass is 286 g/mol. The number of likely N-dealkylation sites (tertiary alicyclic amines) is 1. The lowest BCUT2D eigenvalue weighted by molar-refractivity contribution is -0.133. The number of carbonyl (C=O) groups is 3. The van der Waals surface area contributed by atoms with Crippen molar-refractivity contribution in [1.82, 2.24) is 10.2 Å². The number of nitrogens with one attached hydrogen (secondary N) is 1. The number of amides is 2. The highest BCUT2D eigenvalue weighted by Gasteiger charge is 2.38. The maximum atomic E-state index is 12.0. The molecule has 1 rings (SSSR count). The van der Waals surface area contributed by atoms with Crippen LogP contribution in [0.5, 0.6) is 0 Å². The molecule has 6 nitrogen and oxygen atoms in total. The Morgan fingerprint density at radius 1 is 1.53 bits per heavy atom. The van der Waals surface area contributed by atoms with Gasteiger partial charge in [-0.1, -0.05) is 0 Å². The number of nitrogens with zero attached hydrogens (tertiary/aromatic N) is 1. The van der Waals surface area contributed by atoms with Crippen molar-refractivity contribution < 1.29 is 19.5 Å². The third kappa shape index (κ3) is 4.87. The number of carbonyl (C=O) groups excluding carboxylic acids is 3. The number of hydrogen-bond acceptors (Lipinski definition) is 5. The van der Waals surface area contributed by atoms with E-state index in [1.54, 1.807) is 0 Å². The van der Waals surface area contributed by atoms with E-state index in [9.17, 15) is 19.5 Å². The quantitative estimate of drug-likeness (QED) is 0.546. The van der Waals surface area contributed by atoms with Crippen molar-refractivity contribution in [3.63, 3.8) is 0 Å². The second-order valence-corrected chi connectivity index (χ2v) is 5.79. The zero-order chi connectivity index (χ0) is 14.4. The van der Waals surface area contributed by atoms with Crippen LogP contribution >= 0.6 is 11.8 Å². The molecule has 106 valence electrons. The average Bonchev–Trinajstić information content (AvgIpc) is 2.61. The first-order valence-corrected chi connectivity index (χ1v) is 7.30. The molecule has 2 unspecified atom stereocenters. The molecule has 2 amide bonds. The molecule has 1 fully saturated rings. The van der Waals surface area contributed by atoms with Gasteiger partial charge in [0, 0.05) is 38.6 Å². The summed E-state index contributed by atoms with van der Waals surface area (Å²) in [6.45, 7) is 0.226. The van der Waals surface area contributed by atoms with Crippen LogP contribution in [0.4, 0.5) is 0 Å². The Morgan fingerprint density at radius 2 is 2.21 bits per heavy atom. The van der Waals surface area contributed by atoms with Crippen molar-refractivity contribution in [2.75, 3.05) is 19.3 Å². The standard InChI is InChI=1S/C11H19BN2O4S/c1-13-9(16)2-4-14-10(17)6-7(11(14)18)19-5-3-8(12)15/h7,10,17H,2-6,12H2,1H3,(H,13,16). The Labute approximate surface area is 117 Å². The SMILES string of the molecule is BC(=O)CCSC1CC(O)N(CCC(=O)NC)C1=O. The Hall–Kier alpha value is -1.02. The van der Waals surface area contributed by atoms with Gasteiger partial charge in [0.1, 0.15) is 6.23 Å². The van der Waals surface area contributed by atoms with Crippen LogP contribution in [0, 0.1) is 0 Å². The van der Waals surface area contributed by atoms with Crippen molar-refractivity contribution in [3.05, 3.63) is 0 Å². The van der Waals surface area contributed by atoms with E-state index in [0.29, 0.717) is 18.6 Å². The van der Waals surface area contributed by atoms with Gasteiger partial charge in [0.05, 0.1) is 10.9 Å². The molecule has 0 bridgehead atoms. The van der Waals surface area contributed by atoms with Crippen molar-refractivity contribution in [1.29, 1.82) is 0 Å². The predicted octanol–water partition coefficient (Wildman–Crippen LogP) is -1.68. The van der Waals surface area contributed by atoms with Gasteiger partial charge >= 0.3 is 0 Å². The number of rotatable bonds is 7. The van der Waals surface area contributed by atoms with Crippen LogP contribution in [0.2, 0.25) is 0 Å². The van der Waals surface area contributed by atoms with Crippen molar-refractivity contribution >= 4 is 37.1 Å². The van der Waals surface area contributed by atoms with Crippen LogP contribution in [-0.4, -0.2) is 66.2 Å². The van der Waals surface area contributed by atoms with E-state index in [2.05, 4.69) is 5.32 Å². The second-order valence-electron chi connectivity index (χ2n) is 4.48. The Bertz CT molecular complexity index is 367. The molecule has 0 aromatic rings. The summed E-state index contributed by atoms with van der Waals surface area (Å²) >= 11 is 1.40. The van der Waals surface area contributed by atoms with E-state index >= 15 is 0 Å². The van der Waals surface area contributed by atoms with Crippen molar-refractivity contribution in [2.24, 2.45) is 0 Å². The fourth-order valence-electron chi connectivity index (χ4n) is 1.84. The van der Waals surface area contributed by atoms with E-state index in [1.165, 1.54) is 31.6 Å². The van der Waals surface area contributed by atoms with E-state index in [0.717, 1.165) is 0 Å². The lowest BCUT2D eigenvalue weighted by atomic mass is 10.0. The number of thioether (sulfide) groups is 1. The third-order valence-electron chi connectivity index (χ3n) is 2.97. The van der Waals surface area contributed by atoms with Gasteiger partial charge in [-0.3, -0.25) is 9.59 Å². The minimum Gasteiger partial charge on any atom is -0.373 e.